The summed E-state index contributed by atoms with van der Waals surface area (Å²) in [7, 11) is 0. The van der Waals surface area contributed by atoms with Crippen molar-refractivity contribution in [2.24, 2.45) is 0 Å². The zero-order valence-corrected chi connectivity index (χ0v) is 13.8. The smallest absolute Gasteiger partial charge is 0.340 e. The van der Waals surface area contributed by atoms with Gasteiger partial charge in [-0.05, 0) is 62.4 Å². The molecular formula is C14H17IO4. The molecule has 0 saturated carbocycles. The first-order valence-electron chi connectivity index (χ1n) is 5.82. The van der Waals surface area contributed by atoms with Gasteiger partial charge in [-0.2, -0.15) is 0 Å². The molecule has 1 aromatic carbocycles. The number of rotatable bonds is 2. The lowest BCUT2D eigenvalue weighted by molar-refractivity contribution is -0.131. The van der Waals surface area contributed by atoms with E-state index in [1.165, 1.54) is 6.92 Å². The first-order chi connectivity index (χ1) is 8.61. The highest BCUT2D eigenvalue weighted by Gasteiger charge is 2.23. The SMILES string of the molecule is CC(=O)Oc1ccc(I)c(C(=O)OC(C)(C)C)c1C. The van der Waals surface area contributed by atoms with E-state index in [1.54, 1.807) is 19.1 Å². The van der Waals surface area contributed by atoms with Crippen molar-refractivity contribution in [3.05, 3.63) is 26.8 Å². The summed E-state index contributed by atoms with van der Waals surface area (Å²) < 4.78 is 11.2. The zero-order valence-electron chi connectivity index (χ0n) is 11.7. The maximum Gasteiger partial charge on any atom is 0.340 e. The number of esters is 2. The highest BCUT2D eigenvalue weighted by Crippen LogP contribution is 2.28. The molecule has 0 aliphatic carbocycles. The predicted molar refractivity (Wildman–Crippen MR) is 80.4 cm³/mol. The standard InChI is InChI=1S/C14H17IO4/c1-8-11(18-9(2)16)7-6-10(15)12(8)13(17)19-14(3,4)5/h6-7H,1-5H3. The molecule has 0 atom stereocenters. The van der Waals surface area contributed by atoms with Crippen molar-refractivity contribution in [1.82, 2.24) is 0 Å². The van der Waals surface area contributed by atoms with E-state index in [2.05, 4.69) is 22.6 Å². The van der Waals surface area contributed by atoms with Crippen molar-refractivity contribution < 1.29 is 19.1 Å². The first kappa shape index (κ1) is 15.9. The fourth-order valence-electron chi connectivity index (χ4n) is 1.50. The topological polar surface area (TPSA) is 52.6 Å². The van der Waals surface area contributed by atoms with Crippen molar-refractivity contribution in [2.75, 3.05) is 0 Å². The van der Waals surface area contributed by atoms with Crippen molar-refractivity contribution in [3.63, 3.8) is 0 Å². The van der Waals surface area contributed by atoms with E-state index < -0.39 is 17.5 Å². The number of benzene rings is 1. The van der Waals surface area contributed by atoms with E-state index in [4.69, 9.17) is 9.47 Å². The van der Waals surface area contributed by atoms with Crippen molar-refractivity contribution in [3.8, 4) is 5.75 Å². The van der Waals surface area contributed by atoms with Crippen LogP contribution in [0.5, 0.6) is 5.75 Å². The van der Waals surface area contributed by atoms with Crippen molar-refractivity contribution in [2.45, 2.75) is 40.2 Å². The lowest BCUT2D eigenvalue weighted by atomic mass is 10.1. The van der Waals surface area contributed by atoms with Crippen LogP contribution in [0.25, 0.3) is 0 Å². The van der Waals surface area contributed by atoms with Crippen molar-refractivity contribution >= 4 is 34.5 Å². The molecule has 0 aliphatic rings. The lowest BCUT2D eigenvalue weighted by Crippen LogP contribution is -2.25. The first-order valence-corrected chi connectivity index (χ1v) is 6.90. The second-order valence-corrected chi connectivity index (χ2v) is 6.30. The van der Waals surface area contributed by atoms with E-state index in [0.717, 1.165) is 3.57 Å². The Bertz CT molecular complexity index is 515. The van der Waals surface area contributed by atoms with Crippen LogP contribution in [0.15, 0.2) is 12.1 Å². The van der Waals surface area contributed by atoms with Crippen molar-refractivity contribution in [1.29, 1.82) is 0 Å². The summed E-state index contributed by atoms with van der Waals surface area (Å²) in [5.41, 5.74) is 0.481. The van der Waals surface area contributed by atoms with Crippen LogP contribution in [0.2, 0.25) is 0 Å². The van der Waals surface area contributed by atoms with Gasteiger partial charge in [-0.15, -0.1) is 0 Å². The number of hydrogen-bond donors (Lipinski definition) is 0. The fraction of sp³-hybridized carbons (Fsp3) is 0.429. The highest BCUT2D eigenvalue weighted by atomic mass is 127. The maximum atomic E-state index is 12.2. The zero-order chi connectivity index (χ0) is 14.8. The van der Waals surface area contributed by atoms with Crippen LogP contribution in [0, 0.1) is 10.5 Å². The second kappa shape index (κ2) is 5.90. The summed E-state index contributed by atoms with van der Waals surface area (Å²) in [6, 6.07) is 3.40. The molecule has 0 N–H and O–H groups in total. The molecule has 0 saturated heterocycles. The normalized spacial score (nSPS) is 11.1. The van der Waals surface area contributed by atoms with Gasteiger partial charge >= 0.3 is 11.9 Å². The molecule has 104 valence electrons. The van der Waals surface area contributed by atoms with Gasteiger partial charge in [0, 0.05) is 16.1 Å². The Kier molecular flexibility index (Phi) is 4.95. The van der Waals surface area contributed by atoms with Crippen LogP contribution >= 0.6 is 22.6 Å². The Morgan fingerprint density at radius 3 is 2.26 bits per heavy atom. The molecule has 5 heteroatoms. The number of ether oxygens (including phenoxy) is 2. The van der Waals surface area contributed by atoms with Crippen LogP contribution in [0.3, 0.4) is 0 Å². The Balaban J connectivity index is 3.19. The Morgan fingerprint density at radius 2 is 1.79 bits per heavy atom. The summed E-state index contributed by atoms with van der Waals surface area (Å²) in [6.07, 6.45) is 0. The van der Waals surface area contributed by atoms with Crippen LogP contribution in [-0.4, -0.2) is 17.5 Å². The third-order valence-electron chi connectivity index (χ3n) is 2.22. The van der Waals surface area contributed by atoms with E-state index in [1.807, 2.05) is 20.8 Å². The molecule has 0 radical (unpaired) electrons. The molecule has 0 spiro atoms. The van der Waals surface area contributed by atoms with Gasteiger partial charge in [0.2, 0.25) is 0 Å². The van der Waals surface area contributed by atoms with Gasteiger partial charge in [-0.1, -0.05) is 0 Å². The minimum atomic E-state index is -0.565. The minimum absolute atomic E-state index is 0.383. The van der Waals surface area contributed by atoms with E-state index in [-0.39, 0.29) is 0 Å². The van der Waals surface area contributed by atoms with Gasteiger partial charge in [0.25, 0.3) is 0 Å². The summed E-state index contributed by atoms with van der Waals surface area (Å²) in [5.74, 6) is -0.448. The van der Waals surface area contributed by atoms with Gasteiger partial charge in [0.15, 0.2) is 0 Å². The Hall–Kier alpha value is -1.11. The molecule has 0 aliphatic heterocycles. The summed E-state index contributed by atoms with van der Waals surface area (Å²) in [5, 5.41) is 0. The Labute approximate surface area is 126 Å². The van der Waals surface area contributed by atoms with Gasteiger partial charge in [-0.25, -0.2) is 4.79 Å². The fourth-order valence-corrected chi connectivity index (χ4v) is 2.31. The molecule has 0 bridgehead atoms. The lowest BCUT2D eigenvalue weighted by Gasteiger charge is -2.21. The van der Waals surface area contributed by atoms with E-state index >= 15 is 0 Å². The molecule has 0 amide bonds. The third kappa shape index (κ3) is 4.49. The molecule has 1 rings (SSSR count). The monoisotopic (exact) mass is 376 g/mol. The number of hydrogen-bond acceptors (Lipinski definition) is 4. The Morgan fingerprint density at radius 1 is 1.21 bits per heavy atom. The molecule has 0 heterocycles. The molecular weight excluding hydrogens is 359 g/mol. The van der Waals surface area contributed by atoms with E-state index in [9.17, 15) is 9.59 Å². The third-order valence-corrected chi connectivity index (χ3v) is 3.12. The summed E-state index contributed by atoms with van der Waals surface area (Å²) in [4.78, 5) is 23.2. The van der Waals surface area contributed by atoms with Gasteiger partial charge in [-0.3, -0.25) is 4.79 Å². The molecule has 0 aromatic heterocycles. The maximum absolute atomic E-state index is 12.2. The molecule has 1 aromatic rings. The molecule has 19 heavy (non-hydrogen) atoms. The quantitative estimate of drug-likeness (QED) is 0.451. The minimum Gasteiger partial charge on any atom is -0.456 e. The van der Waals surface area contributed by atoms with Crippen LogP contribution in [0.4, 0.5) is 0 Å². The number of carbonyl (C=O) groups excluding carboxylic acids is 2. The second-order valence-electron chi connectivity index (χ2n) is 5.14. The molecule has 0 fully saturated rings. The number of halogens is 1. The summed E-state index contributed by atoms with van der Waals surface area (Å²) in [6.45, 7) is 8.49. The van der Waals surface area contributed by atoms with Crippen LogP contribution in [-0.2, 0) is 9.53 Å². The largest absolute Gasteiger partial charge is 0.456 e. The number of carbonyl (C=O) groups is 2. The average molecular weight is 376 g/mol. The van der Waals surface area contributed by atoms with E-state index in [0.29, 0.717) is 16.9 Å². The highest BCUT2D eigenvalue weighted by molar-refractivity contribution is 14.1. The van der Waals surface area contributed by atoms with Gasteiger partial charge in [0.1, 0.15) is 11.4 Å². The van der Waals surface area contributed by atoms with Crippen LogP contribution < -0.4 is 4.74 Å². The molecule has 4 nitrogen and oxygen atoms in total. The predicted octanol–water partition coefficient (Wildman–Crippen LogP) is 3.48. The summed E-state index contributed by atoms with van der Waals surface area (Å²) >= 11 is 2.06. The average Bonchev–Trinajstić information content (AvgIpc) is 2.19. The van der Waals surface area contributed by atoms with Gasteiger partial charge in [0.05, 0.1) is 5.56 Å². The molecule has 0 unspecified atom stereocenters. The van der Waals surface area contributed by atoms with Crippen LogP contribution in [0.1, 0.15) is 43.6 Å². The van der Waals surface area contributed by atoms with Gasteiger partial charge < -0.3 is 9.47 Å².